The van der Waals surface area contributed by atoms with Crippen molar-refractivity contribution >= 4 is 50.6 Å². The fraction of sp³-hybridized carbons (Fsp3) is 0.190. The minimum absolute atomic E-state index is 0.0390. The number of rotatable bonds is 6. The first-order valence-electron chi connectivity index (χ1n) is 8.72. The summed E-state index contributed by atoms with van der Waals surface area (Å²) in [4.78, 5) is 30.3. The Labute approximate surface area is 164 Å². The van der Waals surface area contributed by atoms with E-state index in [-0.39, 0.29) is 11.3 Å². The van der Waals surface area contributed by atoms with E-state index in [9.17, 15) is 9.59 Å². The molecule has 0 saturated heterocycles. The highest BCUT2D eigenvalue weighted by atomic mass is 32.2. The summed E-state index contributed by atoms with van der Waals surface area (Å²) in [6.07, 6.45) is 1.27. The van der Waals surface area contributed by atoms with Crippen molar-refractivity contribution in [3.05, 3.63) is 69.1 Å². The van der Waals surface area contributed by atoms with Crippen LogP contribution in [0.1, 0.15) is 22.5 Å². The van der Waals surface area contributed by atoms with Crippen molar-refractivity contribution in [2.24, 2.45) is 7.05 Å². The first-order chi connectivity index (χ1) is 13.1. The van der Waals surface area contributed by atoms with Crippen LogP contribution in [0.15, 0.2) is 63.9 Å². The second-order valence-corrected chi connectivity index (χ2v) is 8.34. The largest absolute Gasteiger partial charge is 0.293 e. The van der Waals surface area contributed by atoms with Crippen LogP contribution >= 0.6 is 23.1 Å². The van der Waals surface area contributed by atoms with Gasteiger partial charge in [-0.15, -0.1) is 11.3 Å². The molecule has 0 fully saturated rings. The Hall–Kier alpha value is -2.44. The second kappa shape index (κ2) is 7.66. The quantitative estimate of drug-likeness (QED) is 0.153. The van der Waals surface area contributed by atoms with Crippen molar-refractivity contribution in [1.29, 1.82) is 0 Å². The molecule has 0 amide bonds. The number of hydrogen-bond donors (Lipinski definition) is 0. The van der Waals surface area contributed by atoms with Gasteiger partial charge in [0.1, 0.15) is 0 Å². The van der Waals surface area contributed by atoms with Gasteiger partial charge in [0, 0.05) is 19.2 Å². The lowest BCUT2D eigenvalue weighted by atomic mass is 10.1. The number of fused-ring (bicyclic) bond motifs is 2. The number of carbonyl (C=O) groups is 1. The van der Waals surface area contributed by atoms with Crippen LogP contribution in [0, 0.1) is 0 Å². The summed E-state index contributed by atoms with van der Waals surface area (Å²) in [6, 6.07) is 15.6. The van der Waals surface area contributed by atoms with Crippen LogP contribution in [0.4, 0.5) is 0 Å². The first kappa shape index (κ1) is 17.9. The van der Waals surface area contributed by atoms with Crippen LogP contribution in [0.25, 0.3) is 21.7 Å². The fourth-order valence-electron chi connectivity index (χ4n) is 3.02. The molecular weight excluding hydrogens is 376 g/mol. The van der Waals surface area contributed by atoms with Gasteiger partial charge in [-0.3, -0.25) is 14.2 Å². The fourth-order valence-corrected chi connectivity index (χ4v) is 4.63. The zero-order valence-electron chi connectivity index (χ0n) is 14.8. The van der Waals surface area contributed by atoms with E-state index in [0.717, 1.165) is 27.8 Å². The molecule has 4 aromatic rings. The number of thioether (sulfide) groups is 1. The van der Waals surface area contributed by atoms with E-state index < -0.39 is 0 Å². The predicted molar refractivity (Wildman–Crippen MR) is 113 cm³/mol. The SMILES string of the molecule is Cn1c(SCCCC(=O)c2cccs2)nc2cc3ccccc3cc2c1=O. The number of ketones is 1. The molecule has 0 atom stereocenters. The second-order valence-electron chi connectivity index (χ2n) is 6.33. The molecule has 0 saturated carbocycles. The molecule has 0 N–H and O–H groups in total. The van der Waals surface area contributed by atoms with E-state index >= 15 is 0 Å². The molecule has 4 rings (SSSR count). The van der Waals surface area contributed by atoms with E-state index in [1.54, 1.807) is 11.6 Å². The van der Waals surface area contributed by atoms with Gasteiger partial charge in [-0.05, 0) is 40.8 Å². The molecule has 0 aliphatic rings. The van der Waals surface area contributed by atoms with Crippen molar-refractivity contribution in [1.82, 2.24) is 9.55 Å². The standard InChI is InChI=1S/C21H18N2O2S2/c1-23-20(25)16-12-14-6-2-3-7-15(14)13-17(16)22-21(23)27-11-4-8-18(24)19-9-5-10-26-19/h2-3,5-7,9-10,12-13H,4,8,11H2,1H3. The lowest BCUT2D eigenvalue weighted by Crippen LogP contribution is -2.20. The summed E-state index contributed by atoms with van der Waals surface area (Å²) >= 11 is 3.00. The number of aromatic nitrogens is 2. The molecule has 0 unspecified atom stereocenters. The number of hydrogen-bond acceptors (Lipinski definition) is 5. The Balaban J connectivity index is 1.53. The van der Waals surface area contributed by atoms with E-state index in [1.165, 1.54) is 23.1 Å². The molecule has 136 valence electrons. The molecule has 0 aliphatic carbocycles. The average molecular weight is 395 g/mol. The zero-order valence-corrected chi connectivity index (χ0v) is 16.5. The smallest absolute Gasteiger partial charge is 0.261 e. The molecule has 2 aromatic heterocycles. The molecular formula is C21H18N2O2S2. The maximum Gasteiger partial charge on any atom is 0.261 e. The van der Waals surface area contributed by atoms with Gasteiger partial charge in [-0.2, -0.15) is 0 Å². The number of nitrogens with zero attached hydrogens (tertiary/aromatic N) is 2. The Morgan fingerprint density at radius 2 is 1.93 bits per heavy atom. The van der Waals surface area contributed by atoms with E-state index in [1.807, 2.05) is 53.9 Å². The van der Waals surface area contributed by atoms with E-state index in [2.05, 4.69) is 0 Å². The Morgan fingerprint density at radius 3 is 2.67 bits per heavy atom. The lowest BCUT2D eigenvalue weighted by Gasteiger charge is -2.09. The van der Waals surface area contributed by atoms with Crippen molar-refractivity contribution in [3.63, 3.8) is 0 Å². The van der Waals surface area contributed by atoms with Gasteiger partial charge < -0.3 is 0 Å². The van der Waals surface area contributed by atoms with Gasteiger partial charge in [0.05, 0.1) is 15.8 Å². The topological polar surface area (TPSA) is 52.0 Å². The van der Waals surface area contributed by atoms with Crippen LogP contribution in [0.5, 0.6) is 0 Å². The monoisotopic (exact) mass is 394 g/mol. The summed E-state index contributed by atoms with van der Waals surface area (Å²) in [5.41, 5.74) is 0.678. The molecule has 6 heteroatoms. The summed E-state index contributed by atoms with van der Waals surface area (Å²) < 4.78 is 1.60. The van der Waals surface area contributed by atoms with E-state index in [4.69, 9.17) is 4.98 Å². The summed E-state index contributed by atoms with van der Waals surface area (Å²) in [5, 5.41) is 5.35. The van der Waals surface area contributed by atoms with Crippen LogP contribution < -0.4 is 5.56 Å². The zero-order chi connectivity index (χ0) is 18.8. The molecule has 0 aliphatic heterocycles. The minimum atomic E-state index is -0.0390. The molecule has 2 heterocycles. The number of benzene rings is 2. The Bertz CT molecular complexity index is 1180. The van der Waals surface area contributed by atoms with Gasteiger partial charge >= 0.3 is 0 Å². The van der Waals surface area contributed by atoms with Crippen LogP contribution in [-0.2, 0) is 7.05 Å². The number of Topliss-reactive ketones (excluding diaryl/α,β-unsaturated/α-hetero) is 1. The van der Waals surface area contributed by atoms with Gasteiger partial charge in [0.15, 0.2) is 10.9 Å². The highest BCUT2D eigenvalue weighted by molar-refractivity contribution is 7.99. The maximum absolute atomic E-state index is 12.7. The average Bonchev–Trinajstić information content (AvgIpc) is 3.22. The third-order valence-corrected chi connectivity index (χ3v) is 6.50. The van der Waals surface area contributed by atoms with Crippen molar-refractivity contribution in [3.8, 4) is 0 Å². The molecule has 27 heavy (non-hydrogen) atoms. The normalized spacial score (nSPS) is 11.3. The van der Waals surface area contributed by atoms with Gasteiger partial charge in [-0.1, -0.05) is 42.1 Å². The highest BCUT2D eigenvalue weighted by Crippen LogP contribution is 2.23. The van der Waals surface area contributed by atoms with Crippen molar-refractivity contribution < 1.29 is 4.79 Å². The molecule has 0 radical (unpaired) electrons. The predicted octanol–water partition coefficient (Wildman–Crippen LogP) is 4.90. The van der Waals surface area contributed by atoms with Gasteiger partial charge in [0.2, 0.25) is 0 Å². The Kier molecular flexibility index (Phi) is 5.09. The van der Waals surface area contributed by atoms with Crippen LogP contribution in [-0.4, -0.2) is 21.1 Å². The lowest BCUT2D eigenvalue weighted by molar-refractivity contribution is 0.0986. The van der Waals surface area contributed by atoms with Crippen LogP contribution in [0.3, 0.4) is 0 Å². The first-order valence-corrected chi connectivity index (χ1v) is 10.6. The summed E-state index contributed by atoms with van der Waals surface area (Å²) in [7, 11) is 1.75. The van der Waals surface area contributed by atoms with Crippen molar-refractivity contribution in [2.75, 3.05) is 5.75 Å². The molecule has 0 bridgehead atoms. The Morgan fingerprint density at radius 1 is 1.15 bits per heavy atom. The summed E-state index contributed by atoms with van der Waals surface area (Å²) in [6.45, 7) is 0. The highest BCUT2D eigenvalue weighted by Gasteiger charge is 2.11. The molecule has 4 nitrogen and oxygen atoms in total. The van der Waals surface area contributed by atoms with E-state index in [0.29, 0.717) is 22.5 Å². The van der Waals surface area contributed by atoms with Crippen molar-refractivity contribution in [2.45, 2.75) is 18.0 Å². The minimum Gasteiger partial charge on any atom is -0.293 e. The number of carbonyl (C=O) groups excluding carboxylic acids is 1. The maximum atomic E-state index is 12.7. The number of thiophene rings is 1. The van der Waals surface area contributed by atoms with Gasteiger partial charge in [-0.25, -0.2) is 4.98 Å². The van der Waals surface area contributed by atoms with Crippen LogP contribution in [0.2, 0.25) is 0 Å². The molecule has 0 spiro atoms. The summed E-state index contributed by atoms with van der Waals surface area (Å²) in [5.74, 6) is 0.925. The third-order valence-electron chi connectivity index (χ3n) is 4.48. The van der Waals surface area contributed by atoms with Gasteiger partial charge in [0.25, 0.3) is 5.56 Å². The third kappa shape index (κ3) is 3.68. The molecule has 2 aromatic carbocycles.